The van der Waals surface area contributed by atoms with Crippen molar-refractivity contribution in [2.45, 2.75) is 12.6 Å². The molecule has 7 nitrogen and oxygen atoms in total. The van der Waals surface area contributed by atoms with Crippen LogP contribution in [0.1, 0.15) is 22.7 Å². The van der Waals surface area contributed by atoms with Crippen molar-refractivity contribution in [2.75, 3.05) is 14.2 Å². The van der Waals surface area contributed by atoms with Gasteiger partial charge in [0.1, 0.15) is 17.3 Å². The van der Waals surface area contributed by atoms with Crippen LogP contribution in [0.15, 0.2) is 72.6 Å². The third-order valence-electron chi connectivity index (χ3n) is 5.46. The van der Waals surface area contributed by atoms with Gasteiger partial charge in [-0.05, 0) is 54.1 Å². The van der Waals surface area contributed by atoms with E-state index in [0.29, 0.717) is 27.6 Å². The topological polar surface area (TPSA) is 89.0 Å². The number of ether oxygens (including phenoxy) is 2. The number of benzene rings is 2. The summed E-state index contributed by atoms with van der Waals surface area (Å²) in [5.74, 6) is -0.857. The number of aliphatic hydroxyl groups is 1. The maximum Gasteiger partial charge on any atom is 0.295 e. The lowest BCUT2D eigenvalue weighted by Gasteiger charge is -2.27. The van der Waals surface area contributed by atoms with Crippen LogP contribution in [0.2, 0.25) is 5.02 Å². The number of likely N-dealkylation sites (tertiary alicyclic amines) is 1. The summed E-state index contributed by atoms with van der Waals surface area (Å²) in [6.45, 7) is 0.112. The zero-order valence-electron chi connectivity index (χ0n) is 18.0. The van der Waals surface area contributed by atoms with E-state index < -0.39 is 17.7 Å². The number of ketones is 1. The van der Waals surface area contributed by atoms with E-state index in [0.717, 1.165) is 5.56 Å². The molecular weight excluding hydrogens is 444 g/mol. The number of hydrogen-bond acceptors (Lipinski definition) is 6. The maximum atomic E-state index is 13.2. The highest BCUT2D eigenvalue weighted by Crippen LogP contribution is 2.44. The maximum absolute atomic E-state index is 13.2. The largest absolute Gasteiger partial charge is 0.507 e. The number of amides is 1. The number of carbonyl (C=O) groups excluding carboxylic acids is 2. The SMILES string of the molecule is COc1ccc(OC)c([C@H]2/C(=C(\O)c3ccc(Cl)cc3)C(=O)C(=O)N2Cc2cccnc2)c1. The Labute approximate surface area is 195 Å². The molecule has 0 saturated carbocycles. The highest BCUT2D eigenvalue weighted by molar-refractivity contribution is 6.46. The van der Waals surface area contributed by atoms with Crippen molar-refractivity contribution in [3.63, 3.8) is 0 Å². The average molecular weight is 465 g/mol. The fourth-order valence-electron chi connectivity index (χ4n) is 3.87. The van der Waals surface area contributed by atoms with Gasteiger partial charge in [0, 0.05) is 35.1 Å². The Hall–Kier alpha value is -3.84. The van der Waals surface area contributed by atoms with Crippen molar-refractivity contribution in [3.8, 4) is 11.5 Å². The Morgan fingerprint density at radius 1 is 1.09 bits per heavy atom. The molecule has 2 heterocycles. The fraction of sp³-hybridized carbons (Fsp3) is 0.160. The van der Waals surface area contributed by atoms with Crippen molar-refractivity contribution in [1.82, 2.24) is 9.88 Å². The predicted molar refractivity (Wildman–Crippen MR) is 123 cm³/mol. The highest BCUT2D eigenvalue weighted by Gasteiger charge is 2.47. The van der Waals surface area contributed by atoms with Crippen molar-refractivity contribution in [1.29, 1.82) is 0 Å². The van der Waals surface area contributed by atoms with Gasteiger partial charge in [-0.25, -0.2) is 0 Å². The van der Waals surface area contributed by atoms with Crippen LogP contribution in [0.25, 0.3) is 5.76 Å². The van der Waals surface area contributed by atoms with E-state index in [-0.39, 0.29) is 17.9 Å². The van der Waals surface area contributed by atoms with Gasteiger partial charge in [0.2, 0.25) is 0 Å². The summed E-state index contributed by atoms with van der Waals surface area (Å²) in [7, 11) is 3.02. The van der Waals surface area contributed by atoms with Crippen LogP contribution in [-0.4, -0.2) is 40.9 Å². The van der Waals surface area contributed by atoms with Crippen molar-refractivity contribution in [3.05, 3.63) is 94.3 Å². The van der Waals surface area contributed by atoms with Gasteiger partial charge in [-0.3, -0.25) is 14.6 Å². The molecule has 8 heteroatoms. The molecule has 1 N–H and O–H groups in total. The quantitative estimate of drug-likeness (QED) is 0.331. The minimum atomic E-state index is -0.911. The molecule has 1 fully saturated rings. The van der Waals surface area contributed by atoms with E-state index in [1.54, 1.807) is 60.9 Å². The molecule has 0 radical (unpaired) electrons. The average Bonchev–Trinajstić information content (AvgIpc) is 3.09. The minimum absolute atomic E-state index is 0.0437. The lowest BCUT2D eigenvalue weighted by atomic mass is 9.94. The summed E-state index contributed by atoms with van der Waals surface area (Å²) in [5, 5.41) is 11.6. The van der Waals surface area contributed by atoms with Gasteiger partial charge in [-0.1, -0.05) is 17.7 Å². The molecule has 1 aliphatic rings. The summed E-state index contributed by atoms with van der Waals surface area (Å²) >= 11 is 5.98. The van der Waals surface area contributed by atoms with Crippen LogP contribution < -0.4 is 9.47 Å². The highest BCUT2D eigenvalue weighted by atomic mass is 35.5. The number of rotatable bonds is 6. The molecule has 1 atom stereocenters. The molecule has 168 valence electrons. The van der Waals surface area contributed by atoms with Gasteiger partial charge in [-0.2, -0.15) is 0 Å². The van der Waals surface area contributed by atoms with Gasteiger partial charge in [0.05, 0.1) is 25.8 Å². The molecule has 0 spiro atoms. The Morgan fingerprint density at radius 2 is 1.85 bits per heavy atom. The van der Waals surface area contributed by atoms with Gasteiger partial charge >= 0.3 is 0 Å². The van der Waals surface area contributed by atoms with Gasteiger partial charge in [0.15, 0.2) is 0 Å². The number of carbonyl (C=O) groups is 2. The van der Waals surface area contributed by atoms with Gasteiger partial charge < -0.3 is 19.5 Å². The number of pyridine rings is 1. The number of hydrogen-bond donors (Lipinski definition) is 1. The lowest BCUT2D eigenvalue weighted by molar-refractivity contribution is -0.140. The second kappa shape index (κ2) is 9.34. The number of Topliss-reactive ketones (excluding diaryl/α,β-unsaturated/α-hetero) is 1. The van der Waals surface area contributed by atoms with Crippen LogP contribution in [0, 0.1) is 0 Å². The first-order chi connectivity index (χ1) is 15.9. The number of aliphatic hydroxyl groups excluding tert-OH is 1. The van der Waals surface area contributed by atoms with Crippen LogP contribution in [0.5, 0.6) is 11.5 Å². The molecule has 1 aliphatic heterocycles. The van der Waals surface area contributed by atoms with E-state index in [9.17, 15) is 14.7 Å². The molecule has 0 unspecified atom stereocenters. The zero-order valence-corrected chi connectivity index (χ0v) is 18.7. The molecule has 0 aliphatic carbocycles. The molecule has 33 heavy (non-hydrogen) atoms. The van der Waals surface area contributed by atoms with Crippen LogP contribution in [0.3, 0.4) is 0 Å². The first-order valence-electron chi connectivity index (χ1n) is 10.1. The molecule has 1 saturated heterocycles. The Morgan fingerprint density at radius 3 is 2.48 bits per heavy atom. The first kappa shape index (κ1) is 22.4. The summed E-state index contributed by atoms with van der Waals surface area (Å²) < 4.78 is 10.9. The first-order valence-corrected chi connectivity index (χ1v) is 10.5. The molecule has 1 aromatic heterocycles. The predicted octanol–water partition coefficient (Wildman–Crippen LogP) is 4.37. The summed E-state index contributed by atoms with van der Waals surface area (Å²) in [4.78, 5) is 31.9. The van der Waals surface area contributed by atoms with Crippen LogP contribution >= 0.6 is 11.6 Å². The Balaban J connectivity index is 1.93. The van der Waals surface area contributed by atoms with E-state index in [1.807, 2.05) is 6.07 Å². The summed E-state index contributed by atoms with van der Waals surface area (Å²) in [5.41, 5.74) is 1.57. The zero-order chi connectivity index (χ0) is 23.5. The molecular formula is C25H21ClN2O5. The second-order valence-electron chi connectivity index (χ2n) is 7.40. The molecule has 2 aromatic carbocycles. The summed E-state index contributed by atoms with van der Waals surface area (Å²) in [6.07, 6.45) is 3.25. The normalized spacial score (nSPS) is 17.3. The number of halogens is 1. The molecule has 0 bridgehead atoms. The lowest BCUT2D eigenvalue weighted by Crippen LogP contribution is -2.29. The van der Waals surface area contributed by atoms with Crippen molar-refractivity contribution >= 4 is 29.1 Å². The van der Waals surface area contributed by atoms with Gasteiger partial charge in [0.25, 0.3) is 11.7 Å². The molecule has 1 amide bonds. The third kappa shape index (κ3) is 4.27. The van der Waals surface area contributed by atoms with Crippen LogP contribution in [-0.2, 0) is 16.1 Å². The monoisotopic (exact) mass is 464 g/mol. The van der Waals surface area contributed by atoms with Crippen molar-refractivity contribution < 1.29 is 24.2 Å². The second-order valence-corrected chi connectivity index (χ2v) is 7.84. The third-order valence-corrected chi connectivity index (χ3v) is 5.72. The van der Waals surface area contributed by atoms with E-state index in [2.05, 4.69) is 4.98 Å². The van der Waals surface area contributed by atoms with E-state index in [1.165, 1.54) is 19.1 Å². The smallest absolute Gasteiger partial charge is 0.295 e. The standard InChI is InChI=1S/C25H21ClN2O5/c1-32-18-9-10-20(33-2)19(12-18)22-21(23(29)16-5-7-17(26)8-6-16)24(30)25(31)28(22)14-15-4-3-11-27-13-15/h3-13,22,29H,14H2,1-2H3/b23-21+/t22-/m0/s1. The fourth-order valence-corrected chi connectivity index (χ4v) is 4.00. The van der Waals surface area contributed by atoms with Crippen molar-refractivity contribution in [2.24, 2.45) is 0 Å². The van der Waals surface area contributed by atoms with Gasteiger partial charge in [-0.15, -0.1) is 0 Å². The molecule has 4 rings (SSSR count). The Bertz CT molecular complexity index is 1230. The van der Waals surface area contributed by atoms with E-state index >= 15 is 0 Å². The summed E-state index contributed by atoms with van der Waals surface area (Å²) in [6, 6.07) is 14.1. The number of aromatic nitrogens is 1. The van der Waals surface area contributed by atoms with Crippen LogP contribution in [0.4, 0.5) is 0 Å². The minimum Gasteiger partial charge on any atom is -0.507 e. The number of nitrogens with zero attached hydrogens (tertiary/aromatic N) is 2. The molecule has 3 aromatic rings. The van der Waals surface area contributed by atoms with E-state index in [4.69, 9.17) is 21.1 Å². The number of methoxy groups -OCH3 is 2. The Kier molecular flexibility index (Phi) is 6.33.